The molecule has 0 spiro atoms. The van der Waals surface area contributed by atoms with Crippen LogP contribution in [0.25, 0.3) is 11.3 Å². The molecule has 0 unspecified atom stereocenters. The Morgan fingerprint density at radius 3 is 2.96 bits per heavy atom. The van der Waals surface area contributed by atoms with Crippen molar-refractivity contribution in [3.63, 3.8) is 0 Å². The maximum absolute atomic E-state index is 12.0. The summed E-state index contributed by atoms with van der Waals surface area (Å²) < 4.78 is 1.81. The number of thioether (sulfide) groups is 1. The molecule has 6 nitrogen and oxygen atoms in total. The van der Waals surface area contributed by atoms with Crippen molar-refractivity contribution in [3.05, 3.63) is 64.2 Å². The highest BCUT2D eigenvalue weighted by Gasteiger charge is 2.13. The number of nitrogens with zero attached hydrogens (tertiary/aromatic N) is 4. The molecule has 114 valence electrons. The number of hydrogen-bond acceptors (Lipinski definition) is 5. The Hall–Kier alpha value is -2.85. The summed E-state index contributed by atoms with van der Waals surface area (Å²) in [5.74, 6) is 0. The van der Waals surface area contributed by atoms with Crippen LogP contribution in [0.2, 0.25) is 0 Å². The second-order valence-corrected chi connectivity index (χ2v) is 5.61. The van der Waals surface area contributed by atoms with Crippen LogP contribution in [0.5, 0.6) is 0 Å². The van der Waals surface area contributed by atoms with Crippen LogP contribution in [0.4, 0.5) is 0 Å². The average molecular weight is 323 g/mol. The maximum atomic E-state index is 12.0. The lowest BCUT2D eigenvalue weighted by Crippen LogP contribution is -2.14. The van der Waals surface area contributed by atoms with Gasteiger partial charge in [-0.1, -0.05) is 30.0 Å². The standard InChI is InChI=1S/C16H13N5OS/c1-23-16-19-14(13(9-17)15(22)20-16)12-5-2-4-11(8-12)10-21-7-3-6-18-21/h2-8H,10H2,1H3,(H,19,20,22). The number of aromatic nitrogens is 4. The average Bonchev–Trinajstić information content (AvgIpc) is 3.07. The van der Waals surface area contributed by atoms with Crippen molar-refractivity contribution in [1.82, 2.24) is 19.7 Å². The lowest BCUT2D eigenvalue weighted by Gasteiger charge is -2.08. The van der Waals surface area contributed by atoms with Crippen LogP contribution in [0, 0.1) is 11.3 Å². The zero-order valence-electron chi connectivity index (χ0n) is 12.4. The van der Waals surface area contributed by atoms with Gasteiger partial charge in [0, 0.05) is 18.0 Å². The topological polar surface area (TPSA) is 87.4 Å². The van der Waals surface area contributed by atoms with Crippen LogP contribution in [0.3, 0.4) is 0 Å². The SMILES string of the molecule is CSc1nc(-c2cccc(Cn3cccn3)c2)c(C#N)c(=O)[nH]1. The van der Waals surface area contributed by atoms with E-state index in [2.05, 4.69) is 15.1 Å². The van der Waals surface area contributed by atoms with Crippen molar-refractivity contribution in [2.45, 2.75) is 11.7 Å². The molecular formula is C16H13N5OS. The fourth-order valence-corrected chi connectivity index (χ4v) is 2.64. The summed E-state index contributed by atoms with van der Waals surface area (Å²) in [5.41, 5.74) is 1.77. The summed E-state index contributed by atoms with van der Waals surface area (Å²) in [6.07, 6.45) is 5.42. The molecular weight excluding hydrogens is 310 g/mol. The van der Waals surface area contributed by atoms with Crippen molar-refractivity contribution in [1.29, 1.82) is 5.26 Å². The second-order valence-electron chi connectivity index (χ2n) is 4.81. The Morgan fingerprint density at radius 1 is 1.39 bits per heavy atom. The molecule has 0 amide bonds. The Kier molecular flexibility index (Phi) is 4.26. The molecule has 7 heteroatoms. The lowest BCUT2D eigenvalue weighted by atomic mass is 10.0. The van der Waals surface area contributed by atoms with Gasteiger partial charge in [-0.25, -0.2) is 4.98 Å². The van der Waals surface area contributed by atoms with Gasteiger partial charge in [0.25, 0.3) is 5.56 Å². The van der Waals surface area contributed by atoms with E-state index in [4.69, 9.17) is 0 Å². The fraction of sp³-hybridized carbons (Fsp3) is 0.125. The molecule has 1 N–H and O–H groups in total. The van der Waals surface area contributed by atoms with Crippen molar-refractivity contribution >= 4 is 11.8 Å². The van der Waals surface area contributed by atoms with E-state index in [-0.39, 0.29) is 5.56 Å². The van der Waals surface area contributed by atoms with Gasteiger partial charge in [0.15, 0.2) is 5.16 Å². The van der Waals surface area contributed by atoms with Crippen molar-refractivity contribution < 1.29 is 0 Å². The van der Waals surface area contributed by atoms with E-state index in [0.717, 1.165) is 11.1 Å². The second kappa shape index (κ2) is 6.50. The molecule has 0 aliphatic carbocycles. The van der Waals surface area contributed by atoms with Gasteiger partial charge in [-0.15, -0.1) is 0 Å². The molecule has 0 radical (unpaired) electrons. The number of rotatable bonds is 4. The molecule has 0 aliphatic rings. The highest BCUT2D eigenvalue weighted by Crippen LogP contribution is 2.22. The first kappa shape index (κ1) is 15.1. The minimum absolute atomic E-state index is 0.0269. The molecule has 0 bridgehead atoms. The summed E-state index contributed by atoms with van der Waals surface area (Å²) in [6.45, 7) is 0.612. The fourth-order valence-electron chi connectivity index (χ4n) is 2.26. The van der Waals surface area contributed by atoms with Gasteiger partial charge < -0.3 is 4.98 Å². The molecule has 0 saturated carbocycles. The summed E-state index contributed by atoms with van der Waals surface area (Å²) in [5, 5.41) is 13.9. The van der Waals surface area contributed by atoms with Crippen LogP contribution in [-0.2, 0) is 6.54 Å². The maximum Gasteiger partial charge on any atom is 0.270 e. The van der Waals surface area contributed by atoms with Crippen molar-refractivity contribution in [2.24, 2.45) is 0 Å². The molecule has 1 aromatic carbocycles. The van der Waals surface area contributed by atoms with Crippen molar-refractivity contribution in [3.8, 4) is 17.3 Å². The van der Waals surface area contributed by atoms with Crippen LogP contribution in [0.15, 0.2) is 52.7 Å². The predicted molar refractivity (Wildman–Crippen MR) is 88.1 cm³/mol. The minimum Gasteiger partial charge on any atom is -0.300 e. The quantitative estimate of drug-likeness (QED) is 0.588. The van der Waals surface area contributed by atoms with Crippen LogP contribution < -0.4 is 5.56 Å². The van der Waals surface area contributed by atoms with E-state index in [1.54, 1.807) is 6.20 Å². The zero-order chi connectivity index (χ0) is 16.2. The molecule has 3 aromatic rings. The number of nitrogens with one attached hydrogen (secondary N) is 1. The van der Waals surface area contributed by atoms with Gasteiger partial charge >= 0.3 is 0 Å². The van der Waals surface area contributed by atoms with Gasteiger partial charge in [-0.2, -0.15) is 10.4 Å². The van der Waals surface area contributed by atoms with E-state index in [0.29, 0.717) is 17.4 Å². The summed E-state index contributed by atoms with van der Waals surface area (Å²) >= 11 is 1.33. The Bertz CT molecular complexity index is 924. The molecule has 2 aromatic heterocycles. The Balaban J connectivity index is 2.07. The molecule has 3 rings (SSSR count). The third kappa shape index (κ3) is 3.17. The van der Waals surface area contributed by atoms with E-state index in [9.17, 15) is 10.1 Å². The van der Waals surface area contributed by atoms with Crippen LogP contribution in [-0.4, -0.2) is 26.0 Å². The van der Waals surface area contributed by atoms with E-state index in [1.807, 2.05) is 53.5 Å². The number of hydrogen-bond donors (Lipinski definition) is 1. The molecule has 23 heavy (non-hydrogen) atoms. The Labute approximate surface area is 136 Å². The number of aromatic amines is 1. The Morgan fingerprint density at radius 2 is 2.26 bits per heavy atom. The van der Waals surface area contributed by atoms with Gasteiger partial charge in [0.2, 0.25) is 0 Å². The molecule has 0 fully saturated rings. The molecule has 0 saturated heterocycles. The summed E-state index contributed by atoms with van der Waals surface area (Å²) in [4.78, 5) is 19.0. The van der Waals surface area contributed by atoms with E-state index >= 15 is 0 Å². The van der Waals surface area contributed by atoms with Gasteiger partial charge in [-0.3, -0.25) is 9.48 Å². The highest BCUT2D eigenvalue weighted by atomic mass is 32.2. The smallest absolute Gasteiger partial charge is 0.270 e. The normalized spacial score (nSPS) is 10.4. The molecule has 0 aliphatic heterocycles. The minimum atomic E-state index is -0.417. The van der Waals surface area contributed by atoms with Gasteiger partial charge in [0.05, 0.1) is 12.2 Å². The number of benzene rings is 1. The molecule has 0 atom stereocenters. The largest absolute Gasteiger partial charge is 0.300 e. The van der Waals surface area contributed by atoms with Gasteiger partial charge in [-0.05, 0) is 24.0 Å². The predicted octanol–water partition coefficient (Wildman–Crippen LogP) is 2.28. The van der Waals surface area contributed by atoms with Gasteiger partial charge in [0.1, 0.15) is 11.6 Å². The van der Waals surface area contributed by atoms with E-state index in [1.165, 1.54) is 11.8 Å². The molecule has 2 heterocycles. The number of H-pyrrole nitrogens is 1. The number of nitriles is 1. The first-order valence-electron chi connectivity index (χ1n) is 6.86. The van der Waals surface area contributed by atoms with E-state index < -0.39 is 5.56 Å². The van der Waals surface area contributed by atoms with Crippen LogP contribution in [0.1, 0.15) is 11.1 Å². The van der Waals surface area contributed by atoms with Crippen LogP contribution >= 0.6 is 11.8 Å². The lowest BCUT2D eigenvalue weighted by molar-refractivity contribution is 0.687. The summed E-state index contributed by atoms with van der Waals surface area (Å²) in [7, 11) is 0. The van der Waals surface area contributed by atoms with Crippen molar-refractivity contribution in [2.75, 3.05) is 6.26 Å². The third-order valence-electron chi connectivity index (χ3n) is 3.31. The first-order chi connectivity index (χ1) is 11.2. The summed E-state index contributed by atoms with van der Waals surface area (Å²) in [6, 6.07) is 11.4. The third-order valence-corrected chi connectivity index (χ3v) is 3.89. The zero-order valence-corrected chi connectivity index (χ0v) is 13.2. The monoisotopic (exact) mass is 323 g/mol. The highest BCUT2D eigenvalue weighted by molar-refractivity contribution is 7.98. The first-order valence-corrected chi connectivity index (χ1v) is 8.09.